The lowest BCUT2D eigenvalue weighted by Gasteiger charge is -2.33. The van der Waals surface area contributed by atoms with Crippen LogP contribution in [0.3, 0.4) is 0 Å². The Morgan fingerprint density at radius 3 is 2.36 bits per heavy atom. The fourth-order valence-corrected chi connectivity index (χ4v) is 1.54. The molecule has 1 atom stereocenters. The molecule has 1 rings (SSSR count). The smallest absolute Gasteiger partial charge is 0.126 e. The van der Waals surface area contributed by atoms with Crippen LogP contribution in [0, 0.1) is 0 Å². The molecule has 0 aromatic carbocycles. The standard InChI is InChI=1S/C7H13IN2O/c1-2-7(11)9-3-5-10(8)6-4-9/h2,7,11H,1,3-6H2. The van der Waals surface area contributed by atoms with Crippen molar-refractivity contribution in [3.63, 3.8) is 0 Å². The first-order valence-electron chi connectivity index (χ1n) is 3.69. The first-order valence-corrected chi connectivity index (χ1v) is 4.66. The van der Waals surface area contributed by atoms with Crippen molar-refractivity contribution in [3.8, 4) is 0 Å². The van der Waals surface area contributed by atoms with Gasteiger partial charge < -0.3 is 5.11 Å². The molecule has 0 aromatic rings. The molecule has 1 fully saturated rings. The van der Waals surface area contributed by atoms with Crippen LogP contribution >= 0.6 is 22.9 Å². The van der Waals surface area contributed by atoms with E-state index >= 15 is 0 Å². The first kappa shape index (κ1) is 9.44. The number of halogens is 1. The van der Waals surface area contributed by atoms with Crippen LogP contribution in [0.25, 0.3) is 0 Å². The maximum atomic E-state index is 9.36. The maximum Gasteiger partial charge on any atom is 0.126 e. The van der Waals surface area contributed by atoms with Crippen LogP contribution in [0.5, 0.6) is 0 Å². The third-order valence-electron chi connectivity index (χ3n) is 1.84. The van der Waals surface area contributed by atoms with Crippen LogP contribution in [-0.2, 0) is 0 Å². The highest BCUT2D eigenvalue weighted by molar-refractivity contribution is 14.1. The molecule has 0 aliphatic carbocycles. The number of aliphatic hydroxyl groups is 1. The summed E-state index contributed by atoms with van der Waals surface area (Å²) in [7, 11) is 0. The molecule has 11 heavy (non-hydrogen) atoms. The highest BCUT2D eigenvalue weighted by atomic mass is 127. The number of aliphatic hydroxyl groups excluding tert-OH is 1. The minimum atomic E-state index is -0.458. The van der Waals surface area contributed by atoms with E-state index in [0.717, 1.165) is 26.2 Å². The van der Waals surface area contributed by atoms with Gasteiger partial charge in [0.2, 0.25) is 0 Å². The Bertz CT molecular complexity index is 134. The van der Waals surface area contributed by atoms with Gasteiger partial charge in [-0.15, -0.1) is 0 Å². The Balaban J connectivity index is 2.32. The van der Waals surface area contributed by atoms with E-state index in [1.54, 1.807) is 6.08 Å². The van der Waals surface area contributed by atoms with Gasteiger partial charge in [0.1, 0.15) is 6.23 Å². The van der Waals surface area contributed by atoms with Gasteiger partial charge in [-0.3, -0.25) is 4.90 Å². The van der Waals surface area contributed by atoms with Crippen molar-refractivity contribution >= 4 is 22.9 Å². The molecule has 0 bridgehead atoms. The summed E-state index contributed by atoms with van der Waals surface area (Å²) in [6.45, 7) is 7.44. The van der Waals surface area contributed by atoms with Crippen molar-refractivity contribution in [2.45, 2.75) is 6.23 Å². The molecule has 0 spiro atoms. The zero-order valence-corrected chi connectivity index (χ0v) is 8.57. The Labute approximate surface area is 81.2 Å². The lowest BCUT2D eigenvalue weighted by atomic mass is 10.3. The predicted octanol–water partition coefficient (Wildman–Crippen LogP) is 0.458. The summed E-state index contributed by atoms with van der Waals surface area (Å²) < 4.78 is 2.23. The van der Waals surface area contributed by atoms with Crippen molar-refractivity contribution in [1.82, 2.24) is 8.01 Å². The van der Waals surface area contributed by atoms with Gasteiger partial charge >= 0.3 is 0 Å². The van der Waals surface area contributed by atoms with Gasteiger partial charge in [-0.2, -0.15) is 0 Å². The van der Waals surface area contributed by atoms with Gasteiger partial charge in [0, 0.05) is 49.0 Å². The van der Waals surface area contributed by atoms with E-state index in [1.165, 1.54) is 0 Å². The Morgan fingerprint density at radius 2 is 1.91 bits per heavy atom. The molecule has 1 saturated heterocycles. The molecular weight excluding hydrogens is 255 g/mol. The monoisotopic (exact) mass is 268 g/mol. The molecule has 0 saturated carbocycles. The number of hydrogen-bond acceptors (Lipinski definition) is 3. The van der Waals surface area contributed by atoms with Crippen LogP contribution < -0.4 is 0 Å². The minimum Gasteiger partial charge on any atom is -0.375 e. The molecule has 0 aromatic heterocycles. The minimum absolute atomic E-state index is 0.458. The van der Waals surface area contributed by atoms with E-state index in [-0.39, 0.29) is 0 Å². The Morgan fingerprint density at radius 1 is 1.36 bits per heavy atom. The summed E-state index contributed by atoms with van der Waals surface area (Å²) >= 11 is 2.30. The molecule has 0 amide bonds. The molecule has 1 aliphatic heterocycles. The Hall–Kier alpha value is 0.350. The fraction of sp³-hybridized carbons (Fsp3) is 0.714. The summed E-state index contributed by atoms with van der Waals surface area (Å²) in [6, 6.07) is 0. The zero-order valence-electron chi connectivity index (χ0n) is 6.41. The maximum absolute atomic E-state index is 9.36. The molecule has 1 unspecified atom stereocenters. The van der Waals surface area contributed by atoms with Gasteiger partial charge in [-0.1, -0.05) is 6.58 Å². The highest BCUT2D eigenvalue weighted by Crippen LogP contribution is 2.08. The summed E-state index contributed by atoms with van der Waals surface area (Å²) in [5, 5.41) is 9.36. The van der Waals surface area contributed by atoms with Crippen molar-refractivity contribution in [2.24, 2.45) is 0 Å². The van der Waals surface area contributed by atoms with Crippen LogP contribution in [-0.4, -0.2) is 45.5 Å². The second-order valence-electron chi connectivity index (χ2n) is 2.60. The van der Waals surface area contributed by atoms with Crippen molar-refractivity contribution in [3.05, 3.63) is 12.7 Å². The Kier molecular flexibility index (Phi) is 3.77. The van der Waals surface area contributed by atoms with Gasteiger partial charge in [0.25, 0.3) is 0 Å². The second-order valence-corrected chi connectivity index (χ2v) is 3.96. The van der Waals surface area contributed by atoms with Gasteiger partial charge in [0.05, 0.1) is 0 Å². The van der Waals surface area contributed by atoms with Crippen LogP contribution in [0.2, 0.25) is 0 Å². The summed E-state index contributed by atoms with van der Waals surface area (Å²) in [4.78, 5) is 2.02. The third kappa shape index (κ3) is 2.70. The van der Waals surface area contributed by atoms with E-state index in [4.69, 9.17) is 0 Å². The van der Waals surface area contributed by atoms with Gasteiger partial charge in [0.15, 0.2) is 0 Å². The molecule has 1 heterocycles. The molecular formula is C7H13IN2O. The number of hydrogen-bond donors (Lipinski definition) is 1. The van der Waals surface area contributed by atoms with E-state index < -0.39 is 6.23 Å². The van der Waals surface area contributed by atoms with Crippen molar-refractivity contribution < 1.29 is 5.11 Å². The number of nitrogens with zero attached hydrogens (tertiary/aromatic N) is 2. The quantitative estimate of drug-likeness (QED) is 0.448. The zero-order chi connectivity index (χ0) is 8.27. The SMILES string of the molecule is C=CC(O)N1CCN(I)CC1. The molecule has 1 N–H and O–H groups in total. The van der Waals surface area contributed by atoms with Crippen LogP contribution in [0.1, 0.15) is 0 Å². The lowest BCUT2D eigenvalue weighted by molar-refractivity contribution is 0.0243. The number of piperazine rings is 1. The highest BCUT2D eigenvalue weighted by Gasteiger charge is 2.18. The van der Waals surface area contributed by atoms with E-state index in [1.807, 2.05) is 4.90 Å². The normalized spacial score (nSPS) is 24.9. The summed E-state index contributed by atoms with van der Waals surface area (Å²) in [5.74, 6) is 0. The van der Waals surface area contributed by atoms with E-state index in [9.17, 15) is 5.11 Å². The van der Waals surface area contributed by atoms with Crippen molar-refractivity contribution in [1.29, 1.82) is 0 Å². The molecule has 1 aliphatic rings. The summed E-state index contributed by atoms with van der Waals surface area (Å²) in [6.07, 6.45) is 1.11. The van der Waals surface area contributed by atoms with Gasteiger partial charge in [-0.25, -0.2) is 3.11 Å². The number of rotatable bonds is 2. The molecule has 4 heteroatoms. The average molecular weight is 268 g/mol. The fourth-order valence-electron chi connectivity index (χ4n) is 1.11. The van der Waals surface area contributed by atoms with Crippen LogP contribution in [0.15, 0.2) is 12.7 Å². The molecule has 3 nitrogen and oxygen atoms in total. The first-order chi connectivity index (χ1) is 5.24. The van der Waals surface area contributed by atoms with Crippen molar-refractivity contribution in [2.75, 3.05) is 26.2 Å². The largest absolute Gasteiger partial charge is 0.375 e. The van der Waals surface area contributed by atoms with Crippen LogP contribution in [0.4, 0.5) is 0 Å². The molecule has 64 valence electrons. The predicted molar refractivity (Wildman–Crippen MR) is 53.4 cm³/mol. The second kappa shape index (κ2) is 4.39. The summed E-state index contributed by atoms with van der Waals surface area (Å²) in [5.41, 5.74) is 0. The van der Waals surface area contributed by atoms with Gasteiger partial charge in [-0.05, 0) is 6.08 Å². The van der Waals surface area contributed by atoms with E-state index in [2.05, 4.69) is 32.6 Å². The van der Waals surface area contributed by atoms with E-state index in [0.29, 0.717) is 0 Å². The topological polar surface area (TPSA) is 26.7 Å². The lowest BCUT2D eigenvalue weighted by Crippen LogP contribution is -2.46. The molecule has 0 radical (unpaired) electrons. The third-order valence-corrected chi connectivity index (χ3v) is 2.81. The average Bonchev–Trinajstić information content (AvgIpc) is 2.05.